The van der Waals surface area contributed by atoms with Crippen LogP contribution in [0, 0.1) is 23.2 Å². The zero-order valence-corrected chi connectivity index (χ0v) is 8.84. The van der Waals surface area contributed by atoms with E-state index >= 15 is 0 Å². The van der Waals surface area contributed by atoms with Crippen LogP contribution < -0.4 is 5.32 Å². The van der Waals surface area contributed by atoms with Crippen molar-refractivity contribution in [2.24, 2.45) is 23.2 Å². The van der Waals surface area contributed by atoms with Gasteiger partial charge >= 0.3 is 0 Å². The van der Waals surface area contributed by atoms with Gasteiger partial charge in [0, 0.05) is 6.04 Å². The maximum atomic E-state index is 3.79. The van der Waals surface area contributed by atoms with Gasteiger partial charge in [-0.05, 0) is 55.4 Å². The van der Waals surface area contributed by atoms with E-state index in [1.165, 1.54) is 32.2 Å². The second-order valence-electron chi connectivity index (χ2n) is 6.15. The van der Waals surface area contributed by atoms with E-state index in [1.54, 1.807) is 0 Å². The second kappa shape index (κ2) is 2.50. The third kappa shape index (κ3) is 1.09. The lowest BCUT2D eigenvalue weighted by atomic mass is 9.57. The maximum Gasteiger partial charge on any atom is 0.0124 e. The Kier molecular flexibility index (Phi) is 1.59. The van der Waals surface area contributed by atoms with Crippen LogP contribution in [0.2, 0.25) is 0 Å². The molecule has 4 atom stereocenters. The molecular weight excluding hydrogens is 158 g/mol. The molecule has 0 aromatic heterocycles. The molecule has 74 valence electrons. The zero-order chi connectivity index (χ0) is 9.05. The van der Waals surface area contributed by atoms with Gasteiger partial charge in [0.25, 0.3) is 0 Å². The zero-order valence-electron chi connectivity index (χ0n) is 8.84. The lowest BCUT2D eigenvalue weighted by molar-refractivity contribution is 0.0298. The van der Waals surface area contributed by atoms with Crippen molar-refractivity contribution >= 4 is 0 Å². The molecule has 1 nitrogen and oxygen atoms in total. The first-order valence-corrected chi connectivity index (χ1v) is 5.89. The summed E-state index contributed by atoms with van der Waals surface area (Å²) in [6.07, 6.45) is 6.02. The van der Waals surface area contributed by atoms with Gasteiger partial charge in [0.2, 0.25) is 0 Å². The van der Waals surface area contributed by atoms with Gasteiger partial charge in [-0.1, -0.05) is 13.8 Å². The molecule has 2 saturated heterocycles. The summed E-state index contributed by atoms with van der Waals surface area (Å²) in [6.45, 7) is 6.28. The summed E-state index contributed by atoms with van der Waals surface area (Å²) >= 11 is 0. The van der Waals surface area contributed by atoms with Gasteiger partial charge in [-0.25, -0.2) is 0 Å². The molecule has 2 aliphatic heterocycles. The molecule has 0 spiro atoms. The molecule has 4 aliphatic rings. The van der Waals surface area contributed by atoms with Crippen LogP contribution in [-0.2, 0) is 0 Å². The van der Waals surface area contributed by atoms with Crippen molar-refractivity contribution < 1.29 is 0 Å². The van der Waals surface area contributed by atoms with Crippen molar-refractivity contribution in [3.8, 4) is 0 Å². The molecule has 4 rings (SSSR count). The van der Waals surface area contributed by atoms with Crippen LogP contribution in [0.3, 0.4) is 0 Å². The van der Waals surface area contributed by atoms with Crippen molar-refractivity contribution in [3.05, 3.63) is 0 Å². The molecular formula is C12H21N. The fourth-order valence-corrected chi connectivity index (χ4v) is 4.11. The van der Waals surface area contributed by atoms with Crippen LogP contribution in [0.25, 0.3) is 0 Å². The first-order valence-electron chi connectivity index (χ1n) is 5.89. The van der Waals surface area contributed by atoms with E-state index in [1.807, 2.05) is 0 Å². The summed E-state index contributed by atoms with van der Waals surface area (Å²) < 4.78 is 0. The topological polar surface area (TPSA) is 12.0 Å². The standard InChI is InChI=1S/C12H21N/c1-12(2)10-4-8-3-9(5-10)7-13-11(12)6-8/h8-11,13H,3-7H2,1-2H3. The Labute approximate surface area is 81.3 Å². The number of hydrogen-bond acceptors (Lipinski definition) is 1. The molecule has 1 N–H and O–H groups in total. The summed E-state index contributed by atoms with van der Waals surface area (Å²) in [4.78, 5) is 0. The van der Waals surface area contributed by atoms with Gasteiger partial charge in [0.1, 0.15) is 0 Å². The molecule has 2 saturated carbocycles. The van der Waals surface area contributed by atoms with Crippen LogP contribution in [-0.4, -0.2) is 12.6 Å². The number of nitrogens with one attached hydrogen (secondary N) is 1. The minimum Gasteiger partial charge on any atom is -0.313 e. The van der Waals surface area contributed by atoms with Crippen LogP contribution >= 0.6 is 0 Å². The summed E-state index contributed by atoms with van der Waals surface area (Å²) in [5.74, 6) is 3.09. The van der Waals surface area contributed by atoms with Crippen LogP contribution in [0.5, 0.6) is 0 Å². The number of hydrogen-bond donors (Lipinski definition) is 1. The molecule has 0 amide bonds. The van der Waals surface area contributed by atoms with Crippen molar-refractivity contribution in [1.29, 1.82) is 0 Å². The normalized spacial score (nSPS) is 52.2. The molecule has 0 radical (unpaired) electrons. The average molecular weight is 179 g/mol. The van der Waals surface area contributed by atoms with Gasteiger partial charge in [0.05, 0.1) is 0 Å². The monoisotopic (exact) mass is 179 g/mol. The summed E-state index contributed by atoms with van der Waals surface area (Å²) in [7, 11) is 0. The SMILES string of the molecule is CC1(C)C2CC3CNC1CC(C3)C2. The highest BCUT2D eigenvalue weighted by Gasteiger charge is 2.49. The van der Waals surface area contributed by atoms with E-state index in [-0.39, 0.29) is 0 Å². The molecule has 2 aliphatic carbocycles. The van der Waals surface area contributed by atoms with Crippen LogP contribution in [0.4, 0.5) is 0 Å². The highest BCUT2D eigenvalue weighted by Crippen LogP contribution is 2.53. The fraction of sp³-hybridized carbons (Fsp3) is 1.00. The largest absolute Gasteiger partial charge is 0.313 e. The third-order valence-corrected chi connectivity index (χ3v) is 5.07. The predicted octanol–water partition coefficient (Wildman–Crippen LogP) is 2.42. The summed E-state index contributed by atoms with van der Waals surface area (Å²) in [6, 6.07) is 0.823. The molecule has 1 heteroatoms. The Bertz CT molecular complexity index is 211. The minimum atomic E-state index is 0.575. The van der Waals surface area contributed by atoms with Gasteiger partial charge in [-0.2, -0.15) is 0 Å². The van der Waals surface area contributed by atoms with Crippen molar-refractivity contribution in [2.45, 2.75) is 45.6 Å². The quantitative estimate of drug-likeness (QED) is 0.602. The van der Waals surface area contributed by atoms with E-state index in [0.29, 0.717) is 5.41 Å². The average Bonchev–Trinajstić information content (AvgIpc) is 2.26. The van der Waals surface area contributed by atoms with Gasteiger partial charge < -0.3 is 5.32 Å². The molecule has 13 heavy (non-hydrogen) atoms. The lowest BCUT2D eigenvalue weighted by Crippen LogP contribution is -2.48. The number of rotatable bonds is 0. The van der Waals surface area contributed by atoms with E-state index in [4.69, 9.17) is 0 Å². The van der Waals surface area contributed by atoms with Crippen molar-refractivity contribution in [2.75, 3.05) is 6.54 Å². The highest BCUT2D eigenvalue weighted by atomic mass is 15.0. The molecule has 4 bridgehead atoms. The molecule has 4 fully saturated rings. The Morgan fingerprint density at radius 1 is 1.00 bits per heavy atom. The maximum absolute atomic E-state index is 3.79. The van der Waals surface area contributed by atoms with Crippen molar-refractivity contribution in [3.63, 3.8) is 0 Å². The Balaban J connectivity index is 1.97. The predicted molar refractivity (Wildman–Crippen MR) is 54.5 cm³/mol. The van der Waals surface area contributed by atoms with Gasteiger partial charge in [0.15, 0.2) is 0 Å². The van der Waals surface area contributed by atoms with Gasteiger partial charge in [-0.3, -0.25) is 0 Å². The molecule has 4 unspecified atom stereocenters. The first-order chi connectivity index (χ1) is 6.16. The third-order valence-electron chi connectivity index (χ3n) is 5.07. The molecule has 0 aromatic carbocycles. The van der Waals surface area contributed by atoms with E-state index in [2.05, 4.69) is 19.2 Å². The van der Waals surface area contributed by atoms with Crippen LogP contribution in [0.15, 0.2) is 0 Å². The Hall–Kier alpha value is -0.0400. The molecule has 0 aromatic rings. The van der Waals surface area contributed by atoms with E-state index in [9.17, 15) is 0 Å². The minimum absolute atomic E-state index is 0.575. The second-order valence-corrected chi connectivity index (χ2v) is 6.15. The van der Waals surface area contributed by atoms with Crippen molar-refractivity contribution in [1.82, 2.24) is 5.32 Å². The highest BCUT2D eigenvalue weighted by molar-refractivity contribution is 5.03. The van der Waals surface area contributed by atoms with Gasteiger partial charge in [-0.15, -0.1) is 0 Å². The summed E-state index contributed by atoms with van der Waals surface area (Å²) in [5.41, 5.74) is 0.575. The first kappa shape index (κ1) is 8.28. The van der Waals surface area contributed by atoms with E-state index < -0.39 is 0 Å². The Morgan fingerprint density at radius 2 is 1.77 bits per heavy atom. The van der Waals surface area contributed by atoms with E-state index in [0.717, 1.165) is 23.8 Å². The summed E-state index contributed by atoms with van der Waals surface area (Å²) in [5, 5.41) is 3.79. The smallest absolute Gasteiger partial charge is 0.0124 e. The lowest BCUT2D eigenvalue weighted by Gasteiger charge is -2.49. The molecule has 2 heterocycles. The number of fused-ring (bicyclic) bond motifs is 1. The fourth-order valence-electron chi connectivity index (χ4n) is 4.11. The Morgan fingerprint density at radius 3 is 2.62 bits per heavy atom. The van der Waals surface area contributed by atoms with Crippen LogP contribution in [0.1, 0.15) is 39.5 Å².